The molecule has 0 bridgehead atoms. The summed E-state index contributed by atoms with van der Waals surface area (Å²) in [6.07, 6.45) is 0.704. The van der Waals surface area contributed by atoms with Crippen LogP contribution in [-0.4, -0.2) is 15.7 Å². The van der Waals surface area contributed by atoms with E-state index in [2.05, 4.69) is 24.3 Å². The maximum atomic E-state index is 12.5. The number of nitrogens with zero attached hydrogens (tertiary/aromatic N) is 2. The SMILES string of the molecule is CCc1nn(C)c(C(=O)Nc2ccccc2C(C)C)c1N. The van der Waals surface area contributed by atoms with E-state index in [0.717, 1.165) is 16.9 Å². The smallest absolute Gasteiger partial charge is 0.276 e. The van der Waals surface area contributed by atoms with E-state index in [1.54, 1.807) is 11.7 Å². The lowest BCUT2D eigenvalue weighted by Gasteiger charge is -2.13. The Kier molecular flexibility index (Phi) is 4.31. The highest BCUT2D eigenvalue weighted by Crippen LogP contribution is 2.25. The predicted molar refractivity (Wildman–Crippen MR) is 85.5 cm³/mol. The average Bonchev–Trinajstić information content (AvgIpc) is 2.73. The first-order valence-electron chi connectivity index (χ1n) is 7.17. The van der Waals surface area contributed by atoms with Crippen LogP contribution < -0.4 is 11.1 Å². The first-order valence-corrected chi connectivity index (χ1v) is 7.17. The van der Waals surface area contributed by atoms with Gasteiger partial charge < -0.3 is 11.1 Å². The zero-order valence-electron chi connectivity index (χ0n) is 13.0. The van der Waals surface area contributed by atoms with Gasteiger partial charge in [-0.2, -0.15) is 5.10 Å². The van der Waals surface area contributed by atoms with Gasteiger partial charge in [0.05, 0.1) is 11.4 Å². The number of anilines is 2. The van der Waals surface area contributed by atoms with Crippen molar-refractivity contribution in [3.8, 4) is 0 Å². The average molecular weight is 286 g/mol. The molecule has 1 heterocycles. The molecule has 2 rings (SSSR count). The molecular formula is C16H22N4O. The van der Waals surface area contributed by atoms with E-state index in [0.29, 0.717) is 23.7 Å². The van der Waals surface area contributed by atoms with Gasteiger partial charge in [-0.3, -0.25) is 9.48 Å². The maximum Gasteiger partial charge on any atom is 0.276 e. The molecule has 1 aromatic carbocycles. The predicted octanol–water partition coefficient (Wildman–Crippen LogP) is 2.94. The third-order valence-electron chi connectivity index (χ3n) is 3.54. The minimum Gasteiger partial charge on any atom is -0.395 e. The van der Waals surface area contributed by atoms with E-state index in [4.69, 9.17) is 5.73 Å². The Bertz CT molecular complexity index is 658. The van der Waals surface area contributed by atoms with Gasteiger partial charge in [-0.15, -0.1) is 0 Å². The van der Waals surface area contributed by atoms with Crippen molar-refractivity contribution in [2.24, 2.45) is 7.05 Å². The van der Waals surface area contributed by atoms with Crippen molar-refractivity contribution < 1.29 is 4.79 Å². The molecule has 0 saturated heterocycles. The first kappa shape index (κ1) is 15.1. The van der Waals surface area contributed by atoms with Crippen molar-refractivity contribution in [3.05, 3.63) is 41.2 Å². The lowest BCUT2D eigenvalue weighted by molar-refractivity contribution is 0.101. The fraction of sp³-hybridized carbons (Fsp3) is 0.375. The number of nitrogens with two attached hydrogens (primary N) is 1. The summed E-state index contributed by atoms with van der Waals surface area (Å²) >= 11 is 0. The molecule has 0 fully saturated rings. The van der Waals surface area contributed by atoms with Gasteiger partial charge in [0.2, 0.25) is 0 Å². The van der Waals surface area contributed by atoms with Gasteiger partial charge in [-0.05, 0) is 24.0 Å². The molecule has 0 unspecified atom stereocenters. The number of nitrogen functional groups attached to an aromatic ring is 1. The minimum atomic E-state index is -0.227. The minimum absolute atomic E-state index is 0.227. The molecule has 112 valence electrons. The highest BCUT2D eigenvalue weighted by Gasteiger charge is 2.20. The van der Waals surface area contributed by atoms with Gasteiger partial charge >= 0.3 is 0 Å². The fourth-order valence-electron chi connectivity index (χ4n) is 2.42. The monoisotopic (exact) mass is 286 g/mol. The van der Waals surface area contributed by atoms with Crippen LogP contribution in [0.5, 0.6) is 0 Å². The number of hydrogen-bond donors (Lipinski definition) is 2. The summed E-state index contributed by atoms with van der Waals surface area (Å²) in [4.78, 5) is 12.5. The molecule has 21 heavy (non-hydrogen) atoms. The summed E-state index contributed by atoms with van der Waals surface area (Å²) in [7, 11) is 1.73. The van der Waals surface area contributed by atoms with Crippen LogP contribution in [0.25, 0.3) is 0 Å². The van der Waals surface area contributed by atoms with Crippen LogP contribution in [0.2, 0.25) is 0 Å². The summed E-state index contributed by atoms with van der Waals surface area (Å²) in [5.74, 6) is 0.104. The molecule has 5 nitrogen and oxygen atoms in total. The molecule has 0 aliphatic heterocycles. The van der Waals surface area contributed by atoms with Crippen LogP contribution in [0.15, 0.2) is 24.3 Å². The number of amides is 1. The topological polar surface area (TPSA) is 72.9 Å². The largest absolute Gasteiger partial charge is 0.395 e. The number of aromatic nitrogens is 2. The van der Waals surface area contributed by atoms with Crippen LogP contribution in [0.3, 0.4) is 0 Å². The van der Waals surface area contributed by atoms with Gasteiger partial charge in [0.1, 0.15) is 5.69 Å². The number of para-hydroxylation sites is 1. The Hall–Kier alpha value is -2.30. The lowest BCUT2D eigenvalue weighted by atomic mass is 10.0. The Labute approximate surface area is 125 Å². The molecule has 3 N–H and O–H groups in total. The highest BCUT2D eigenvalue weighted by molar-refractivity contribution is 6.07. The van der Waals surface area contributed by atoms with Gasteiger partial charge in [0, 0.05) is 12.7 Å². The molecule has 0 aliphatic rings. The molecule has 0 radical (unpaired) electrons. The molecular weight excluding hydrogens is 264 g/mol. The van der Waals surface area contributed by atoms with Crippen molar-refractivity contribution >= 4 is 17.3 Å². The zero-order valence-corrected chi connectivity index (χ0v) is 13.0. The summed E-state index contributed by atoms with van der Waals surface area (Å²) < 4.78 is 1.54. The van der Waals surface area contributed by atoms with Crippen molar-refractivity contribution in [1.82, 2.24) is 9.78 Å². The van der Waals surface area contributed by atoms with Crippen LogP contribution >= 0.6 is 0 Å². The summed E-state index contributed by atoms with van der Waals surface area (Å²) in [5, 5.41) is 7.23. The van der Waals surface area contributed by atoms with Crippen molar-refractivity contribution in [1.29, 1.82) is 0 Å². The fourth-order valence-corrected chi connectivity index (χ4v) is 2.42. The molecule has 0 saturated carbocycles. The van der Waals surface area contributed by atoms with Crippen LogP contribution in [0, 0.1) is 0 Å². The van der Waals surface area contributed by atoms with Crippen molar-refractivity contribution in [2.75, 3.05) is 11.1 Å². The van der Waals surface area contributed by atoms with E-state index in [1.165, 1.54) is 0 Å². The van der Waals surface area contributed by atoms with E-state index in [-0.39, 0.29) is 5.91 Å². The molecule has 0 atom stereocenters. The van der Waals surface area contributed by atoms with E-state index < -0.39 is 0 Å². The number of hydrogen-bond acceptors (Lipinski definition) is 3. The quantitative estimate of drug-likeness (QED) is 0.907. The standard InChI is InChI=1S/C16H22N4O/c1-5-12-14(17)15(20(4)19-12)16(21)18-13-9-7-6-8-11(13)10(2)3/h6-10H,5,17H2,1-4H3,(H,18,21). The van der Waals surface area contributed by atoms with Crippen LogP contribution in [0.1, 0.15) is 48.4 Å². The normalized spacial score (nSPS) is 10.9. The second-order valence-electron chi connectivity index (χ2n) is 5.38. The Balaban J connectivity index is 2.33. The summed E-state index contributed by atoms with van der Waals surface area (Å²) in [6, 6.07) is 7.80. The number of nitrogens with one attached hydrogen (secondary N) is 1. The van der Waals surface area contributed by atoms with Gasteiger partial charge in [0.15, 0.2) is 0 Å². The second kappa shape index (κ2) is 5.99. The molecule has 0 spiro atoms. The van der Waals surface area contributed by atoms with E-state index in [9.17, 15) is 4.79 Å². The number of carbonyl (C=O) groups is 1. The molecule has 0 aliphatic carbocycles. The molecule has 1 amide bonds. The van der Waals surface area contributed by atoms with E-state index >= 15 is 0 Å². The number of rotatable bonds is 4. The Morgan fingerprint density at radius 2 is 2.05 bits per heavy atom. The zero-order chi connectivity index (χ0) is 15.6. The van der Waals surface area contributed by atoms with Gasteiger partial charge in [-0.1, -0.05) is 39.0 Å². The van der Waals surface area contributed by atoms with Crippen molar-refractivity contribution in [3.63, 3.8) is 0 Å². The second-order valence-corrected chi connectivity index (χ2v) is 5.38. The van der Waals surface area contributed by atoms with E-state index in [1.807, 2.05) is 31.2 Å². The Morgan fingerprint density at radius 1 is 1.38 bits per heavy atom. The summed E-state index contributed by atoms with van der Waals surface area (Å²) in [6.45, 7) is 6.16. The van der Waals surface area contributed by atoms with Crippen LogP contribution in [0.4, 0.5) is 11.4 Å². The maximum absolute atomic E-state index is 12.5. The third kappa shape index (κ3) is 2.91. The molecule has 1 aromatic heterocycles. The summed E-state index contributed by atoms with van der Waals surface area (Å²) in [5.41, 5.74) is 9.55. The Morgan fingerprint density at radius 3 is 2.62 bits per heavy atom. The highest BCUT2D eigenvalue weighted by atomic mass is 16.2. The van der Waals surface area contributed by atoms with Gasteiger partial charge in [0.25, 0.3) is 5.91 Å². The number of benzene rings is 1. The first-order chi connectivity index (χ1) is 9.95. The number of carbonyl (C=O) groups excluding carboxylic acids is 1. The molecule has 5 heteroatoms. The third-order valence-corrected chi connectivity index (χ3v) is 3.54. The van der Waals surface area contributed by atoms with Crippen molar-refractivity contribution in [2.45, 2.75) is 33.1 Å². The van der Waals surface area contributed by atoms with Crippen LogP contribution in [-0.2, 0) is 13.5 Å². The molecule has 2 aromatic rings. The number of aryl methyl sites for hydroxylation is 2. The van der Waals surface area contributed by atoms with Gasteiger partial charge in [-0.25, -0.2) is 0 Å². The lowest BCUT2D eigenvalue weighted by Crippen LogP contribution is -2.18.